The first-order valence-corrected chi connectivity index (χ1v) is 6.73. The molecule has 6 heteroatoms. The van der Waals surface area contributed by atoms with Crippen molar-refractivity contribution in [3.8, 4) is 0 Å². The Bertz CT molecular complexity index is 644. The average Bonchev–Trinajstić information content (AvgIpc) is 2.77. The van der Waals surface area contributed by atoms with E-state index >= 15 is 0 Å². The molecule has 0 spiro atoms. The number of ether oxygens (including phenoxy) is 1. The summed E-state index contributed by atoms with van der Waals surface area (Å²) in [4.78, 5) is 14.0. The van der Waals surface area contributed by atoms with Gasteiger partial charge >= 0.3 is 6.03 Å². The van der Waals surface area contributed by atoms with Crippen molar-refractivity contribution in [2.45, 2.75) is 6.92 Å². The van der Waals surface area contributed by atoms with E-state index in [1.54, 1.807) is 9.58 Å². The summed E-state index contributed by atoms with van der Waals surface area (Å²) < 4.78 is 7.05. The van der Waals surface area contributed by atoms with Crippen molar-refractivity contribution in [2.24, 2.45) is 7.05 Å². The van der Waals surface area contributed by atoms with E-state index in [1.165, 1.54) is 0 Å². The second-order valence-electron chi connectivity index (χ2n) is 4.97. The molecular weight excluding hydrogens is 256 g/mol. The number of amides is 2. The Labute approximate surface area is 117 Å². The SMILES string of the molecule is Cc1cccc2c(NC(=O)N3CCOCC3)nn(C)c12. The number of nitrogens with one attached hydrogen (secondary N) is 1. The number of hydrogen-bond donors (Lipinski definition) is 1. The molecule has 6 nitrogen and oxygen atoms in total. The minimum absolute atomic E-state index is 0.116. The Hall–Kier alpha value is -2.08. The fourth-order valence-corrected chi connectivity index (χ4v) is 2.57. The molecule has 3 rings (SSSR count). The number of benzene rings is 1. The number of fused-ring (bicyclic) bond motifs is 1. The summed E-state index contributed by atoms with van der Waals surface area (Å²) in [5.74, 6) is 0.614. The van der Waals surface area contributed by atoms with Gasteiger partial charge in [0.25, 0.3) is 0 Å². The largest absolute Gasteiger partial charge is 0.378 e. The van der Waals surface area contributed by atoms with Crippen molar-refractivity contribution in [3.63, 3.8) is 0 Å². The maximum atomic E-state index is 12.2. The van der Waals surface area contributed by atoms with E-state index in [0.29, 0.717) is 32.1 Å². The van der Waals surface area contributed by atoms with Crippen molar-refractivity contribution >= 4 is 22.8 Å². The molecule has 0 radical (unpaired) electrons. The highest BCUT2D eigenvalue weighted by Gasteiger charge is 2.19. The van der Waals surface area contributed by atoms with Gasteiger partial charge in [-0.25, -0.2) is 4.79 Å². The fraction of sp³-hybridized carbons (Fsp3) is 0.429. The Morgan fingerprint density at radius 2 is 2.10 bits per heavy atom. The van der Waals surface area contributed by atoms with Crippen LogP contribution in [0.15, 0.2) is 18.2 Å². The molecule has 20 heavy (non-hydrogen) atoms. The van der Waals surface area contributed by atoms with Crippen LogP contribution in [0.4, 0.5) is 10.6 Å². The van der Waals surface area contributed by atoms with Crippen LogP contribution in [0.3, 0.4) is 0 Å². The maximum absolute atomic E-state index is 12.2. The first kappa shape index (κ1) is 12.9. The van der Waals surface area contributed by atoms with Crippen LogP contribution in [-0.4, -0.2) is 47.0 Å². The van der Waals surface area contributed by atoms with Crippen LogP contribution >= 0.6 is 0 Å². The first-order chi connectivity index (χ1) is 9.66. The van der Waals surface area contributed by atoms with Crippen LogP contribution in [0.2, 0.25) is 0 Å². The van der Waals surface area contributed by atoms with Gasteiger partial charge in [0.1, 0.15) is 0 Å². The van der Waals surface area contributed by atoms with Crippen LogP contribution in [0, 0.1) is 6.92 Å². The Kier molecular flexibility index (Phi) is 3.31. The summed E-state index contributed by atoms with van der Waals surface area (Å²) in [5.41, 5.74) is 2.19. The smallest absolute Gasteiger partial charge is 0.323 e. The molecule has 2 aromatic rings. The van der Waals surface area contributed by atoms with E-state index in [2.05, 4.69) is 10.4 Å². The Morgan fingerprint density at radius 1 is 1.35 bits per heavy atom. The predicted molar refractivity (Wildman–Crippen MR) is 76.9 cm³/mol. The van der Waals surface area contributed by atoms with Gasteiger partial charge in [-0.1, -0.05) is 12.1 Å². The Morgan fingerprint density at radius 3 is 2.85 bits per heavy atom. The molecule has 2 amide bonds. The number of aromatic nitrogens is 2. The monoisotopic (exact) mass is 274 g/mol. The third-order valence-corrected chi connectivity index (χ3v) is 3.59. The lowest BCUT2D eigenvalue weighted by Crippen LogP contribution is -2.43. The standard InChI is InChI=1S/C14H18N4O2/c1-10-4-3-5-11-12(10)17(2)16-13(11)15-14(19)18-6-8-20-9-7-18/h3-5H,6-9H2,1-2H3,(H,15,16,19). The number of nitrogens with zero attached hydrogens (tertiary/aromatic N) is 3. The molecule has 2 heterocycles. The summed E-state index contributed by atoms with van der Waals surface area (Å²) in [6, 6.07) is 5.88. The molecule has 0 bridgehead atoms. The fourth-order valence-electron chi connectivity index (χ4n) is 2.57. The predicted octanol–water partition coefficient (Wildman–Crippen LogP) is 1.75. The number of para-hydroxylation sites is 1. The molecule has 1 fully saturated rings. The summed E-state index contributed by atoms with van der Waals surface area (Å²) in [5, 5.41) is 8.28. The normalized spacial score (nSPS) is 15.6. The summed E-state index contributed by atoms with van der Waals surface area (Å²) >= 11 is 0. The maximum Gasteiger partial charge on any atom is 0.323 e. The molecule has 1 aromatic heterocycles. The quantitative estimate of drug-likeness (QED) is 0.861. The number of carbonyl (C=O) groups excluding carboxylic acids is 1. The van der Waals surface area contributed by atoms with Gasteiger partial charge in [0.15, 0.2) is 5.82 Å². The molecule has 0 saturated carbocycles. The van der Waals surface area contributed by atoms with Crippen molar-refractivity contribution < 1.29 is 9.53 Å². The van der Waals surface area contributed by atoms with Gasteiger partial charge in [-0.2, -0.15) is 5.10 Å². The number of hydrogen-bond acceptors (Lipinski definition) is 3. The van der Waals surface area contributed by atoms with E-state index in [0.717, 1.165) is 16.5 Å². The number of morpholine rings is 1. The van der Waals surface area contributed by atoms with Crippen LogP contribution in [0.1, 0.15) is 5.56 Å². The second kappa shape index (κ2) is 5.13. The molecule has 1 aliphatic heterocycles. The average molecular weight is 274 g/mol. The molecule has 106 valence electrons. The first-order valence-electron chi connectivity index (χ1n) is 6.73. The number of aryl methyl sites for hydroxylation is 2. The highest BCUT2D eigenvalue weighted by molar-refractivity contribution is 6.00. The lowest BCUT2D eigenvalue weighted by Gasteiger charge is -2.26. The highest BCUT2D eigenvalue weighted by Crippen LogP contribution is 2.25. The van der Waals surface area contributed by atoms with E-state index in [9.17, 15) is 4.79 Å². The molecule has 1 aromatic carbocycles. The number of rotatable bonds is 1. The lowest BCUT2D eigenvalue weighted by atomic mass is 10.1. The molecule has 0 atom stereocenters. The van der Waals surface area contributed by atoms with Gasteiger partial charge in [0, 0.05) is 25.5 Å². The molecule has 0 unspecified atom stereocenters. The lowest BCUT2D eigenvalue weighted by molar-refractivity contribution is 0.0564. The Balaban J connectivity index is 1.87. The van der Waals surface area contributed by atoms with Crippen LogP contribution in [-0.2, 0) is 11.8 Å². The molecule has 0 aliphatic carbocycles. The molecule has 1 aliphatic rings. The van der Waals surface area contributed by atoms with Gasteiger partial charge < -0.3 is 9.64 Å². The minimum atomic E-state index is -0.116. The van der Waals surface area contributed by atoms with Crippen molar-refractivity contribution in [3.05, 3.63) is 23.8 Å². The van der Waals surface area contributed by atoms with Gasteiger partial charge in [-0.3, -0.25) is 10.00 Å². The van der Waals surface area contributed by atoms with Crippen molar-refractivity contribution in [1.82, 2.24) is 14.7 Å². The zero-order valence-electron chi connectivity index (χ0n) is 11.7. The summed E-state index contributed by atoms with van der Waals surface area (Å²) in [7, 11) is 1.89. The van der Waals surface area contributed by atoms with Crippen molar-refractivity contribution in [2.75, 3.05) is 31.6 Å². The van der Waals surface area contributed by atoms with Gasteiger partial charge in [-0.05, 0) is 18.6 Å². The zero-order valence-corrected chi connectivity index (χ0v) is 11.7. The molecular formula is C14H18N4O2. The van der Waals surface area contributed by atoms with E-state index < -0.39 is 0 Å². The highest BCUT2D eigenvalue weighted by atomic mass is 16.5. The van der Waals surface area contributed by atoms with Crippen molar-refractivity contribution in [1.29, 1.82) is 0 Å². The van der Waals surface area contributed by atoms with Crippen LogP contribution in [0.25, 0.3) is 10.9 Å². The summed E-state index contributed by atoms with van der Waals surface area (Å²) in [6.07, 6.45) is 0. The third-order valence-electron chi connectivity index (χ3n) is 3.59. The molecule has 1 saturated heterocycles. The van der Waals surface area contributed by atoms with E-state index in [1.807, 2.05) is 32.2 Å². The minimum Gasteiger partial charge on any atom is -0.378 e. The topological polar surface area (TPSA) is 59.4 Å². The number of carbonyl (C=O) groups is 1. The van der Waals surface area contributed by atoms with Gasteiger partial charge in [-0.15, -0.1) is 0 Å². The number of anilines is 1. The van der Waals surface area contributed by atoms with Crippen LogP contribution in [0.5, 0.6) is 0 Å². The van der Waals surface area contributed by atoms with Crippen LogP contribution < -0.4 is 5.32 Å². The zero-order chi connectivity index (χ0) is 14.1. The summed E-state index contributed by atoms with van der Waals surface area (Å²) in [6.45, 7) is 4.47. The second-order valence-corrected chi connectivity index (χ2v) is 4.97. The molecule has 1 N–H and O–H groups in total. The van der Waals surface area contributed by atoms with Gasteiger partial charge in [0.2, 0.25) is 0 Å². The van der Waals surface area contributed by atoms with Gasteiger partial charge in [0.05, 0.1) is 18.7 Å². The van der Waals surface area contributed by atoms with E-state index in [4.69, 9.17) is 4.74 Å². The number of urea groups is 1. The third kappa shape index (κ3) is 2.22. The van der Waals surface area contributed by atoms with E-state index in [-0.39, 0.29) is 6.03 Å².